The van der Waals surface area contributed by atoms with Crippen LogP contribution < -0.4 is 10.1 Å². The van der Waals surface area contributed by atoms with Gasteiger partial charge in [0.15, 0.2) is 0 Å². The molecule has 2 rings (SSSR count). The molecule has 0 bridgehead atoms. The van der Waals surface area contributed by atoms with Crippen molar-refractivity contribution in [3.05, 3.63) is 46.3 Å². The maximum Gasteiger partial charge on any atom is 0.225 e. The lowest BCUT2D eigenvalue weighted by Crippen LogP contribution is -2.24. The number of carbonyl (C=O) groups is 1. The van der Waals surface area contributed by atoms with Gasteiger partial charge in [0.2, 0.25) is 11.8 Å². The van der Waals surface area contributed by atoms with E-state index in [4.69, 9.17) is 4.74 Å². The molecule has 20 heavy (non-hydrogen) atoms. The second kappa shape index (κ2) is 7.05. The van der Waals surface area contributed by atoms with Gasteiger partial charge in [0.1, 0.15) is 0 Å². The van der Waals surface area contributed by atoms with Crippen LogP contribution in [0, 0.1) is 0 Å². The Balaban J connectivity index is 1.80. The lowest BCUT2D eigenvalue weighted by atomic mass is 10.2. The zero-order valence-electron chi connectivity index (χ0n) is 11.6. The van der Waals surface area contributed by atoms with E-state index >= 15 is 0 Å². The van der Waals surface area contributed by atoms with Gasteiger partial charge in [0.25, 0.3) is 0 Å². The highest BCUT2D eigenvalue weighted by Gasteiger charge is 2.05. The monoisotopic (exact) mass is 290 g/mol. The molecular weight excluding hydrogens is 272 g/mol. The molecule has 0 atom stereocenters. The highest BCUT2D eigenvalue weighted by Crippen LogP contribution is 2.10. The van der Waals surface area contributed by atoms with Crippen molar-refractivity contribution < 1.29 is 9.53 Å². The maximum absolute atomic E-state index is 11.7. The van der Waals surface area contributed by atoms with Crippen LogP contribution in [0.5, 0.6) is 5.88 Å². The van der Waals surface area contributed by atoms with E-state index in [1.165, 1.54) is 0 Å². The van der Waals surface area contributed by atoms with Crippen LogP contribution in [0.1, 0.15) is 24.3 Å². The lowest BCUT2D eigenvalue weighted by molar-refractivity contribution is -0.120. The standard InChI is InChI=1S/C15H18N2O2S/c1-11(2)19-15-6-5-12(10-17-15)9-16-14(18)8-13-4-3-7-20-13/h3-7,10-11H,8-9H2,1-2H3,(H,16,18). The van der Waals surface area contributed by atoms with Crippen molar-refractivity contribution in [1.29, 1.82) is 0 Å². The Morgan fingerprint density at radius 1 is 1.40 bits per heavy atom. The smallest absolute Gasteiger partial charge is 0.225 e. The van der Waals surface area contributed by atoms with Crippen LogP contribution in [-0.2, 0) is 17.8 Å². The third kappa shape index (κ3) is 4.66. The number of hydrogen-bond acceptors (Lipinski definition) is 4. The molecule has 0 spiro atoms. The van der Waals surface area contributed by atoms with Crippen LogP contribution in [0.2, 0.25) is 0 Å². The molecule has 0 fully saturated rings. The number of amides is 1. The summed E-state index contributed by atoms with van der Waals surface area (Å²) in [7, 11) is 0. The van der Waals surface area contributed by atoms with Crippen molar-refractivity contribution in [2.45, 2.75) is 32.9 Å². The third-order valence-electron chi connectivity index (χ3n) is 2.56. The van der Waals surface area contributed by atoms with Gasteiger partial charge in [0, 0.05) is 23.7 Å². The summed E-state index contributed by atoms with van der Waals surface area (Å²) >= 11 is 1.59. The van der Waals surface area contributed by atoms with E-state index < -0.39 is 0 Å². The number of thiophene rings is 1. The van der Waals surface area contributed by atoms with Crippen LogP contribution in [0.15, 0.2) is 35.8 Å². The van der Waals surface area contributed by atoms with E-state index in [0.29, 0.717) is 18.8 Å². The van der Waals surface area contributed by atoms with Crippen LogP contribution in [0.25, 0.3) is 0 Å². The Morgan fingerprint density at radius 2 is 2.25 bits per heavy atom. The van der Waals surface area contributed by atoms with E-state index in [9.17, 15) is 4.79 Å². The largest absolute Gasteiger partial charge is 0.475 e. The fourth-order valence-electron chi connectivity index (χ4n) is 1.66. The summed E-state index contributed by atoms with van der Waals surface area (Å²) in [5.74, 6) is 0.628. The minimum atomic E-state index is 0.0231. The van der Waals surface area contributed by atoms with E-state index in [-0.39, 0.29) is 12.0 Å². The van der Waals surface area contributed by atoms with Gasteiger partial charge in [-0.2, -0.15) is 0 Å². The van der Waals surface area contributed by atoms with Gasteiger partial charge in [-0.3, -0.25) is 4.79 Å². The normalized spacial score (nSPS) is 10.6. The summed E-state index contributed by atoms with van der Waals surface area (Å²) in [4.78, 5) is 17.0. The highest BCUT2D eigenvalue weighted by atomic mass is 32.1. The summed E-state index contributed by atoms with van der Waals surface area (Å²) in [6, 6.07) is 7.64. The Labute approximate surface area is 122 Å². The molecule has 0 radical (unpaired) electrons. The van der Waals surface area contributed by atoms with E-state index in [0.717, 1.165) is 10.4 Å². The fraction of sp³-hybridized carbons (Fsp3) is 0.333. The fourth-order valence-corrected chi connectivity index (χ4v) is 2.36. The summed E-state index contributed by atoms with van der Waals surface area (Å²) < 4.78 is 5.47. The molecule has 0 aliphatic carbocycles. The average Bonchev–Trinajstić information content (AvgIpc) is 2.90. The number of rotatable bonds is 6. The zero-order chi connectivity index (χ0) is 14.4. The Morgan fingerprint density at radius 3 is 2.85 bits per heavy atom. The highest BCUT2D eigenvalue weighted by molar-refractivity contribution is 7.10. The molecule has 1 amide bonds. The second-order valence-corrected chi connectivity index (χ2v) is 5.74. The number of aromatic nitrogens is 1. The number of nitrogens with one attached hydrogen (secondary N) is 1. The van der Waals surface area contributed by atoms with Gasteiger partial charge in [-0.1, -0.05) is 12.1 Å². The third-order valence-corrected chi connectivity index (χ3v) is 3.44. The van der Waals surface area contributed by atoms with Gasteiger partial charge < -0.3 is 10.1 Å². The average molecular weight is 290 g/mol. The minimum absolute atomic E-state index is 0.0231. The molecule has 0 saturated carbocycles. The number of hydrogen-bond donors (Lipinski definition) is 1. The molecule has 2 aromatic rings. The summed E-state index contributed by atoms with van der Waals surface area (Å²) in [5.41, 5.74) is 0.959. The number of nitrogens with zero attached hydrogens (tertiary/aromatic N) is 1. The lowest BCUT2D eigenvalue weighted by Gasteiger charge is -2.09. The molecule has 2 heterocycles. The van der Waals surface area contributed by atoms with Crippen molar-refractivity contribution in [2.24, 2.45) is 0 Å². The first-order chi connectivity index (χ1) is 9.63. The molecule has 0 aliphatic rings. The van der Waals surface area contributed by atoms with Crippen LogP contribution in [0.4, 0.5) is 0 Å². The molecule has 5 heteroatoms. The second-order valence-electron chi connectivity index (χ2n) is 4.70. The summed E-state index contributed by atoms with van der Waals surface area (Å²) in [6.45, 7) is 4.40. The molecule has 0 aromatic carbocycles. The van der Waals surface area contributed by atoms with Crippen LogP contribution >= 0.6 is 11.3 Å². The predicted molar refractivity (Wildman–Crippen MR) is 79.9 cm³/mol. The Bertz CT molecular complexity index is 536. The van der Waals surface area contributed by atoms with Crippen molar-refractivity contribution >= 4 is 17.2 Å². The molecule has 2 aromatic heterocycles. The zero-order valence-corrected chi connectivity index (χ0v) is 12.4. The van der Waals surface area contributed by atoms with Gasteiger partial charge >= 0.3 is 0 Å². The number of ether oxygens (including phenoxy) is 1. The van der Waals surface area contributed by atoms with E-state index in [2.05, 4.69) is 10.3 Å². The molecule has 106 valence electrons. The summed E-state index contributed by atoms with van der Waals surface area (Å²) in [5, 5.41) is 4.86. The first-order valence-electron chi connectivity index (χ1n) is 6.54. The molecular formula is C15H18N2O2S. The van der Waals surface area contributed by atoms with Gasteiger partial charge in [0.05, 0.1) is 12.5 Å². The van der Waals surface area contributed by atoms with E-state index in [1.54, 1.807) is 17.5 Å². The summed E-state index contributed by atoms with van der Waals surface area (Å²) in [6.07, 6.45) is 2.27. The quantitative estimate of drug-likeness (QED) is 0.890. The Kier molecular flexibility index (Phi) is 5.12. The van der Waals surface area contributed by atoms with Crippen molar-refractivity contribution in [1.82, 2.24) is 10.3 Å². The number of pyridine rings is 1. The first-order valence-corrected chi connectivity index (χ1v) is 7.42. The predicted octanol–water partition coefficient (Wildman–Crippen LogP) is 2.79. The first kappa shape index (κ1) is 14.5. The minimum Gasteiger partial charge on any atom is -0.475 e. The van der Waals surface area contributed by atoms with Gasteiger partial charge in [-0.15, -0.1) is 11.3 Å². The maximum atomic E-state index is 11.7. The molecule has 0 unspecified atom stereocenters. The van der Waals surface area contributed by atoms with Gasteiger partial charge in [-0.05, 0) is 30.9 Å². The number of carbonyl (C=O) groups excluding carboxylic acids is 1. The topological polar surface area (TPSA) is 51.2 Å². The molecule has 1 N–H and O–H groups in total. The van der Waals surface area contributed by atoms with Crippen molar-refractivity contribution in [2.75, 3.05) is 0 Å². The van der Waals surface area contributed by atoms with Crippen molar-refractivity contribution in [3.63, 3.8) is 0 Å². The van der Waals surface area contributed by atoms with Crippen LogP contribution in [0.3, 0.4) is 0 Å². The SMILES string of the molecule is CC(C)Oc1ccc(CNC(=O)Cc2cccs2)cn1. The molecule has 4 nitrogen and oxygen atoms in total. The molecule has 0 aliphatic heterocycles. The van der Waals surface area contributed by atoms with Gasteiger partial charge in [-0.25, -0.2) is 4.98 Å². The Hall–Kier alpha value is -1.88. The van der Waals surface area contributed by atoms with Crippen molar-refractivity contribution in [3.8, 4) is 5.88 Å². The van der Waals surface area contributed by atoms with Crippen LogP contribution in [-0.4, -0.2) is 17.0 Å². The molecule has 0 saturated heterocycles. The van der Waals surface area contributed by atoms with E-state index in [1.807, 2.05) is 43.5 Å².